The number of thioether (sulfide) groups is 1. The summed E-state index contributed by atoms with van der Waals surface area (Å²) >= 11 is 3.79. The number of rotatable bonds is 8. The molecule has 0 amide bonds. The summed E-state index contributed by atoms with van der Waals surface area (Å²) in [6, 6.07) is 21.6. The van der Waals surface area contributed by atoms with Crippen LogP contribution in [-0.4, -0.2) is 96.7 Å². The Balaban J connectivity index is 0.000000223. The van der Waals surface area contributed by atoms with Gasteiger partial charge in [0.2, 0.25) is 0 Å². The van der Waals surface area contributed by atoms with E-state index in [4.69, 9.17) is 24.8 Å². The van der Waals surface area contributed by atoms with E-state index < -0.39 is 17.9 Å². The van der Waals surface area contributed by atoms with Crippen LogP contribution >= 0.6 is 23.5 Å². The molecule has 0 spiro atoms. The number of carbonyl (C=O) groups is 3. The van der Waals surface area contributed by atoms with E-state index in [1.165, 1.54) is 52.1 Å². The molecule has 0 bridgehead atoms. The van der Waals surface area contributed by atoms with Crippen molar-refractivity contribution in [1.29, 1.82) is 0 Å². The van der Waals surface area contributed by atoms with E-state index in [-0.39, 0.29) is 0 Å². The minimum atomic E-state index is -1.26. The predicted octanol–water partition coefficient (Wildman–Crippen LogP) is 5.92. The lowest BCUT2D eigenvalue weighted by atomic mass is 9.96. The van der Waals surface area contributed by atoms with E-state index in [1.807, 2.05) is 23.5 Å². The van der Waals surface area contributed by atoms with Crippen LogP contribution in [0.1, 0.15) is 22.7 Å². The fourth-order valence-electron chi connectivity index (χ4n) is 4.94. The average molecular weight is 681 g/mol. The zero-order valence-corrected chi connectivity index (χ0v) is 28.4. The van der Waals surface area contributed by atoms with Crippen molar-refractivity contribution in [3.63, 3.8) is 0 Å². The van der Waals surface area contributed by atoms with Gasteiger partial charge in [0.05, 0.1) is 14.2 Å². The van der Waals surface area contributed by atoms with Crippen LogP contribution in [0, 0.1) is 0 Å². The maximum atomic E-state index is 10.3. The van der Waals surface area contributed by atoms with Gasteiger partial charge < -0.3 is 29.7 Å². The van der Waals surface area contributed by atoms with Gasteiger partial charge in [0.25, 0.3) is 0 Å². The highest BCUT2D eigenvalue weighted by Gasteiger charge is 2.29. The molecule has 47 heavy (non-hydrogen) atoms. The smallest absolute Gasteiger partial charge is 0.328 e. The monoisotopic (exact) mass is 680 g/mol. The topological polar surface area (TPSA) is 137 Å². The van der Waals surface area contributed by atoms with Gasteiger partial charge in [-0.05, 0) is 78.9 Å². The van der Waals surface area contributed by atoms with Crippen molar-refractivity contribution in [3.8, 4) is 11.5 Å². The van der Waals surface area contributed by atoms with E-state index >= 15 is 0 Å². The van der Waals surface area contributed by atoms with E-state index in [2.05, 4.69) is 65.6 Å². The van der Waals surface area contributed by atoms with Gasteiger partial charge >= 0.3 is 17.9 Å². The summed E-state index contributed by atoms with van der Waals surface area (Å²) in [6.45, 7) is 4.67. The number of benzene rings is 3. The van der Waals surface area contributed by atoms with Crippen LogP contribution in [0.4, 0.5) is 0 Å². The van der Waals surface area contributed by atoms with Crippen molar-refractivity contribution in [2.24, 2.45) is 0 Å². The Hall–Kier alpha value is -4.23. The van der Waals surface area contributed by atoms with Crippen molar-refractivity contribution >= 4 is 47.5 Å². The second kappa shape index (κ2) is 18.8. The molecule has 0 radical (unpaired) electrons. The third kappa shape index (κ3) is 11.8. The Morgan fingerprint density at radius 1 is 0.809 bits per heavy atom. The number of nitrogens with zero attached hydrogens (tertiary/aromatic N) is 2. The molecule has 1 saturated heterocycles. The quantitative estimate of drug-likeness (QED) is 0.193. The Morgan fingerprint density at radius 2 is 1.45 bits per heavy atom. The molecule has 10 nitrogen and oxygen atoms in total. The molecule has 2 aliphatic rings. The molecule has 2 aliphatic heterocycles. The zero-order valence-electron chi connectivity index (χ0n) is 26.8. The summed E-state index contributed by atoms with van der Waals surface area (Å²) < 4.78 is 10.1. The maximum absolute atomic E-state index is 10.3. The first kappa shape index (κ1) is 37.2. The van der Waals surface area contributed by atoms with Crippen molar-refractivity contribution in [3.05, 3.63) is 95.6 Å². The number of ether oxygens (including phenoxy) is 2. The maximum Gasteiger partial charge on any atom is 0.328 e. The molecule has 0 saturated carbocycles. The molecule has 3 aromatic carbocycles. The van der Waals surface area contributed by atoms with E-state index in [0.29, 0.717) is 29.7 Å². The molecule has 3 N–H and O–H groups in total. The molecule has 0 aliphatic carbocycles. The molecular weight excluding hydrogens is 641 g/mol. The highest BCUT2D eigenvalue weighted by Crippen LogP contribution is 2.44. The lowest BCUT2D eigenvalue weighted by molar-refractivity contribution is -0.134. The second-order valence-electron chi connectivity index (χ2n) is 10.5. The lowest BCUT2D eigenvalue weighted by Gasteiger charge is -2.38. The van der Waals surface area contributed by atoms with Crippen molar-refractivity contribution in [2.45, 2.75) is 27.1 Å². The summed E-state index contributed by atoms with van der Waals surface area (Å²) in [7, 11) is 5.31. The molecule has 5 rings (SSSR count). The van der Waals surface area contributed by atoms with Gasteiger partial charge in [-0.2, -0.15) is 0 Å². The van der Waals surface area contributed by atoms with Gasteiger partial charge in [-0.3, -0.25) is 4.90 Å². The number of fused-ring (bicyclic) bond motifs is 2. The normalized spacial score (nSPS) is 16.0. The van der Waals surface area contributed by atoms with Gasteiger partial charge in [-0.1, -0.05) is 36.0 Å². The van der Waals surface area contributed by atoms with Gasteiger partial charge in [-0.25, -0.2) is 14.4 Å². The summed E-state index contributed by atoms with van der Waals surface area (Å²) in [5.41, 5.74) is 3.76. The van der Waals surface area contributed by atoms with E-state index in [0.717, 1.165) is 31.1 Å². The number of aliphatic carboxylic acids is 3. The van der Waals surface area contributed by atoms with Gasteiger partial charge in [0.15, 0.2) is 11.5 Å². The molecule has 3 aromatic rings. The van der Waals surface area contributed by atoms with Crippen LogP contribution in [0.3, 0.4) is 0 Å². The number of carboxylic acid groups (broad SMARTS) is 3. The van der Waals surface area contributed by atoms with Crippen molar-refractivity contribution in [2.75, 3.05) is 53.7 Å². The Labute approximate surface area is 283 Å². The molecule has 1 fully saturated rings. The minimum absolute atomic E-state index is 0.497. The number of methoxy groups -OCH3 is 2. The number of carboxylic acids is 3. The van der Waals surface area contributed by atoms with Gasteiger partial charge in [0.1, 0.15) is 0 Å². The number of hydrogen-bond donors (Lipinski definition) is 3. The van der Waals surface area contributed by atoms with Gasteiger partial charge in [-0.15, -0.1) is 11.8 Å². The first-order valence-corrected chi connectivity index (χ1v) is 16.7. The molecule has 12 heteroatoms. The third-order valence-electron chi connectivity index (χ3n) is 7.35. The number of piperazine rings is 1. The largest absolute Gasteiger partial charge is 0.493 e. The summed E-state index contributed by atoms with van der Waals surface area (Å²) in [6.07, 6.45) is 6.97. The highest BCUT2D eigenvalue weighted by atomic mass is 32.2. The summed E-state index contributed by atoms with van der Waals surface area (Å²) in [5.74, 6) is -2.31. The Morgan fingerprint density at radius 3 is 2.04 bits per heavy atom. The van der Waals surface area contributed by atoms with Crippen molar-refractivity contribution in [1.82, 2.24) is 9.80 Å². The van der Waals surface area contributed by atoms with Gasteiger partial charge in [0, 0.05) is 65.1 Å². The first-order chi connectivity index (χ1) is 22.5. The van der Waals surface area contributed by atoms with Crippen LogP contribution < -0.4 is 9.47 Å². The number of hydrogen-bond acceptors (Lipinski definition) is 9. The minimum Gasteiger partial charge on any atom is -0.493 e. The Bertz CT molecular complexity index is 1570. The standard InChI is InChI=1S/C20H24N2S2.C11H12O4.C4H4O4/c1-21-9-11-22(12-10-21)18-13-15-5-3-4-6-19(15)24-20-8-7-16(23-2)14-17(18)20;1-14-9-5-3-8(4-6-11(12)13)7-10(9)15-2;5-3(6)1-2-4(7)8/h3-8,14,18H,9-13H2,1-2H3;3-7H,1-2H3,(H,12,13);1-2H,(H,5,6)(H,7,8). The number of likely N-dealkylation sites (N-methyl/N-ethyl adjacent to an activating group) is 1. The van der Waals surface area contributed by atoms with Crippen LogP contribution in [-0.2, 0) is 20.8 Å². The molecule has 1 atom stereocenters. The lowest BCUT2D eigenvalue weighted by Crippen LogP contribution is -2.46. The fourth-order valence-corrected chi connectivity index (χ4v) is 6.51. The first-order valence-electron chi connectivity index (χ1n) is 14.7. The van der Waals surface area contributed by atoms with E-state index in [9.17, 15) is 14.4 Å². The van der Waals surface area contributed by atoms with Crippen molar-refractivity contribution < 1.29 is 39.2 Å². The zero-order chi connectivity index (χ0) is 34.3. The van der Waals surface area contributed by atoms with Crippen LogP contribution in [0.15, 0.2) is 93.6 Å². The molecule has 250 valence electrons. The average Bonchev–Trinajstić information content (AvgIpc) is 3.23. The predicted molar refractivity (Wildman–Crippen MR) is 185 cm³/mol. The second-order valence-corrected chi connectivity index (χ2v) is 12.4. The molecule has 0 aromatic heterocycles. The Kier molecular flexibility index (Phi) is 14.9. The molecular formula is C35H40N2O8S2. The van der Waals surface area contributed by atoms with Crippen LogP contribution in [0.5, 0.6) is 11.5 Å². The third-order valence-corrected chi connectivity index (χ3v) is 9.29. The fraction of sp³-hybridized carbons (Fsp3) is 0.286. The SMILES string of the molecule is COc1ccc(C=CC(=O)O)cc1OC.CSc1ccc2c(c1)C(N1CCN(C)CC1)Cc1ccccc1S2.O=C(O)C=CC(=O)O. The van der Waals surface area contributed by atoms with Crippen LogP contribution in [0.2, 0.25) is 0 Å². The van der Waals surface area contributed by atoms with Crippen LogP contribution in [0.25, 0.3) is 6.08 Å². The highest BCUT2D eigenvalue weighted by molar-refractivity contribution is 7.99. The summed E-state index contributed by atoms with van der Waals surface area (Å²) in [5, 5.41) is 24.1. The van der Waals surface area contributed by atoms with E-state index in [1.54, 1.807) is 25.3 Å². The molecule has 1 unspecified atom stereocenters. The molecule has 2 heterocycles. The summed E-state index contributed by atoms with van der Waals surface area (Å²) in [4.78, 5) is 38.8.